The average molecular weight is 264 g/mol. The Morgan fingerprint density at radius 3 is 2.16 bits per heavy atom. The number of rotatable bonds is 2. The van der Waals surface area contributed by atoms with E-state index in [2.05, 4.69) is 0 Å². The van der Waals surface area contributed by atoms with E-state index in [0.717, 1.165) is 31.3 Å². The van der Waals surface area contributed by atoms with Crippen molar-refractivity contribution in [3.63, 3.8) is 0 Å². The van der Waals surface area contributed by atoms with E-state index in [4.69, 9.17) is 4.74 Å². The molecule has 0 aromatic rings. The number of aliphatic hydroxyl groups is 1. The van der Waals surface area contributed by atoms with Crippen molar-refractivity contribution in [1.29, 1.82) is 0 Å². The van der Waals surface area contributed by atoms with E-state index >= 15 is 0 Å². The van der Waals surface area contributed by atoms with Gasteiger partial charge >= 0.3 is 5.97 Å². The fourth-order valence-electron chi connectivity index (χ4n) is 4.73. The van der Waals surface area contributed by atoms with Crippen LogP contribution in [0.15, 0.2) is 11.1 Å². The first-order valence-corrected chi connectivity index (χ1v) is 7.41. The Morgan fingerprint density at radius 1 is 1.11 bits per heavy atom. The first kappa shape index (κ1) is 13.2. The molecule has 0 amide bonds. The van der Waals surface area contributed by atoms with Gasteiger partial charge in [0.2, 0.25) is 0 Å². The minimum Gasteiger partial charge on any atom is -0.456 e. The van der Waals surface area contributed by atoms with Crippen LogP contribution < -0.4 is 0 Å². The maximum atomic E-state index is 12.2. The lowest BCUT2D eigenvalue weighted by molar-refractivity contribution is -0.217. The van der Waals surface area contributed by atoms with Gasteiger partial charge in [0.05, 0.1) is 5.60 Å². The highest BCUT2D eigenvalue weighted by molar-refractivity contribution is 5.88. The summed E-state index contributed by atoms with van der Waals surface area (Å²) in [5, 5.41) is 10.6. The van der Waals surface area contributed by atoms with Gasteiger partial charge in [-0.1, -0.05) is 5.57 Å². The second kappa shape index (κ2) is 4.08. The highest BCUT2D eigenvalue weighted by atomic mass is 16.6. The molecule has 4 saturated carbocycles. The highest BCUT2D eigenvalue weighted by Gasteiger charge is 2.59. The summed E-state index contributed by atoms with van der Waals surface area (Å²) in [5.74, 6) is 0.905. The molecule has 1 N–H and O–H groups in total. The van der Waals surface area contributed by atoms with Crippen molar-refractivity contribution in [2.24, 2.45) is 11.8 Å². The van der Waals surface area contributed by atoms with Gasteiger partial charge in [-0.05, 0) is 64.7 Å². The summed E-state index contributed by atoms with van der Waals surface area (Å²) in [7, 11) is 0. The number of esters is 1. The minimum absolute atomic E-state index is 0.189. The largest absolute Gasteiger partial charge is 0.456 e. The quantitative estimate of drug-likeness (QED) is 0.616. The molecule has 3 heteroatoms. The fraction of sp³-hybridized carbons (Fsp3) is 0.812. The van der Waals surface area contributed by atoms with E-state index in [1.807, 2.05) is 20.8 Å². The Balaban J connectivity index is 1.81. The number of hydrogen-bond acceptors (Lipinski definition) is 3. The van der Waals surface area contributed by atoms with Crippen LogP contribution >= 0.6 is 0 Å². The SMILES string of the molecule is CC(C)=C(C)C(=O)OC12CC3CC(CC(O)(C3)C1)C2. The molecule has 0 spiro atoms. The van der Waals surface area contributed by atoms with E-state index in [9.17, 15) is 9.90 Å². The molecule has 19 heavy (non-hydrogen) atoms. The molecule has 2 unspecified atom stereocenters. The molecular formula is C16H24O3. The van der Waals surface area contributed by atoms with Crippen molar-refractivity contribution >= 4 is 5.97 Å². The van der Waals surface area contributed by atoms with Crippen LogP contribution in [-0.4, -0.2) is 22.3 Å². The predicted molar refractivity (Wildman–Crippen MR) is 72.5 cm³/mol. The topological polar surface area (TPSA) is 46.5 Å². The minimum atomic E-state index is -0.566. The zero-order chi connectivity index (χ0) is 13.8. The highest BCUT2D eigenvalue weighted by Crippen LogP contribution is 2.58. The third kappa shape index (κ3) is 2.22. The zero-order valence-electron chi connectivity index (χ0n) is 12.2. The lowest BCUT2D eigenvalue weighted by Crippen LogP contribution is -2.60. The van der Waals surface area contributed by atoms with E-state index in [1.54, 1.807) is 0 Å². The van der Waals surface area contributed by atoms with E-state index in [0.29, 0.717) is 23.8 Å². The number of carbonyl (C=O) groups excluding carboxylic acids is 1. The summed E-state index contributed by atoms with van der Waals surface area (Å²) in [6.45, 7) is 5.69. The molecule has 4 aliphatic rings. The normalized spacial score (nSPS) is 43.2. The molecule has 0 saturated heterocycles. The molecule has 4 fully saturated rings. The van der Waals surface area contributed by atoms with Crippen LogP contribution in [0.1, 0.15) is 59.3 Å². The molecule has 2 atom stereocenters. The van der Waals surface area contributed by atoms with Gasteiger partial charge in [-0.3, -0.25) is 0 Å². The van der Waals surface area contributed by atoms with Crippen molar-refractivity contribution in [1.82, 2.24) is 0 Å². The van der Waals surface area contributed by atoms with Crippen LogP contribution in [0.2, 0.25) is 0 Å². The Labute approximate surface area is 115 Å². The van der Waals surface area contributed by atoms with E-state index in [-0.39, 0.29) is 11.6 Å². The Bertz CT molecular complexity index is 431. The van der Waals surface area contributed by atoms with Gasteiger partial charge < -0.3 is 9.84 Å². The average Bonchev–Trinajstić information content (AvgIpc) is 2.23. The van der Waals surface area contributed by atoms with Crippen molar-refractivity contribution in [2.45, 2.75) is 70.5 Å². The Kier molecular flexibility index (Phi) is 2.83. The maximum absolute atomic E-state index is 12.2. The van der Waals surface area contributed by atoms with E-state index in [1.165, 1.54) is 6.42 Å². The number of hydrogen-bond donors (Lipinski definition) is 1. The summed E-state index contributed by atoms with van der Waals surface area (Å²) in [5.41, 5.74) is 0.770. The van der Waals surface area contributed by atoms with Gasteiger partial charge in [-0.2, -0.15) is 0 Å². The third-order valence-corrected chi connectivity index (χ3v) is 5.34. The van der Waals surface area contributed by atoms with Gasteiger partial charge in [0.15, 0.2) is 0 Å². The predicted octanol–water partition coefficient (Wildman–Crippen LogP) is 2.97. The van der Waals surface area contributed by atoms with Crippen LogP contribution in [-0.2, 0) is 9.53 Å². The Morgan fingerprint density at radius 2 is 1.68 bits per heavy atom. The molecular weight excluding hydrogens is 240 g/mol. The molecule has 4 aliphatic carbocycles. The van der Waals surface area contributed by atoms with Crippen molar-refractivity contribution in [3.8, 4) is 0 Å². The van der Waals surface area contributed by atoms with Gasteiger partial charge in [-0.25, -0.2) is 4.79 Å². The van der Waals surface area contributed by atoms with Crippen LogP contribution in [0.5, 0.6) is 0 Å². The van der Waals surface area contributed by atoms with Crippen LogP contribution in [0.4, 0.5) is 0 Å². The van der Waals surface area contributed by atoms with Gasteiger partial charge in [0, 0.05) is 12.0 Å². The first-order chi connectivity index (χ1) is 8.81. The van der Waals surface area contributed by atoms with Gasteiger partial charge in [-0.15, -0.1) is 0 Å². The zero-order valence-corrected chi connectivity index (χ0v) is 12.2. The fourth-order valence-corrected chi connectivity index (χ4v) is 4.73. The van der Waals surface area contributed by atoms with Crippen molar-refractivity contribution < 1.29 is 14.6 Å². The maximum Gasteiger partial charge on any atom is 0.334 e. The molecule has 4 bridgehead atoms. The second-order valence-corrected chi connectivity index (χ2v) is 7.38. The van der Waals surface area contributed by atoms with Crippen molar-refractivity contribution in [2.75, 3.05) is 0 Å². The third-order valence-electron chi connectivity index (χ3n) is 5.34. The molecule has 0 aromatic heterocycles. The summed E-state index contributed by atoms with van der Waals surface area (Å²) >= 11 is 0. The number of carbonyl (C=O) groups is 1. The molecule has 0 heterocycles. The monoisotopic (exact) mass is 264 g/mol. The first-order valence-electron chi connectivity index (χ1n) is 7.41. The number of allylic oxidation sites excluding steroid dienone is 1. The lowest BCUT2D eigenvalue weighted by atomic mass is 9.52. The van der Waals surface area contributed by atoms with Gasteiger partial charge in [0.25, 0.3) is 0 Å². The molecule has 0 aromatic carbocycles. The van der Waals surface area contributed by atoms with Crippen LogP contribution in [0.3, 0.4) is 0 Å². The van der Waals surface area contributed by atoms with Crippen LogP contribution in [0.25, 0.3) is 0 Å². The molecule has 3 nitrogen and oxygen atoms in total. The second-order valence-electron chi connectivity index (χ2n) is 7.38. The Hall–Kier alpha value is -0.830. The molecule has 0 aliphatic heterocycles. The molecule has 106 valence electrons. The summed E-state index contributed by atoms with van der Waals surface area (Å²) in [6, 6.07) is 0. The summed E-state index contributed by atoms with van der Waals surface area (Å²) in [6.07, 6.45) is 5.58. The lowest BCUT2D eigenvalue weighted by Gasteiger charge is -2.59. The van der Waals surface area contributed by atoms with Crippen molar-refractivity contribution in [3.05, 3.63) is 11.1 Å². The van der Waals surface area contributed by atoms with Crippen LogP contribution in [0, 0.1) is 11.8 Å². The molecule has 4 rings (SSSR count). The smallest absolute Gasteiger partial charge is 0.334 e. The standard InChI is InChI=1S/C16H24O3/c1-10(2)11(3)14(17)19-16-7-12-4-13(8-16)6-15(18,5-12)9-16/h12-13,18H,4-9H2,1-3H3. The van der Waals surface area contributed by atoms with Gasteiger partial charge in [0.1, 0.15) is 5.60 Å². The molecule has 0 radical (unpaired) electrons. The number of ether oxygens (including phenoxy) is 1. The summed E-state index contributed by atoms with van der Waals surface area (Å²) in [4.78, 5) is 12.2. The van der Waals surface area contributed by atoms with E-state index < -0.39 is 5.60 Å². The summed E-state index contributed by atoms with van der Waals surface area (Å²) < 4.78 is 5.88.